The first-order chi connectivity index (χ1) is 12.6. The minimum absolute atomic E-state index is 0.0802. The zero-order valence-corrected chi connectivity index (χ0v) is 15.8. The molecule has 8 heteroatoms. The van der Waals surface area contributed by atoms with Crippen molar-refractivity contribution in [1.29, 1.82) is 0 Å². The molecule has 2 fully saturated rings. The number of nitro groups is 1. The van der Waals surface area contributed by atoms with E-state index < -0.39 is 16.5 Å². The normalized spacial score (nSPS) is 20.4. The van der Waals surface area contributed by atoms with Crippen molar-refractivity contribution in [2.24, 2.45) is 5.41 Å². The molecule has 2 aliphatic rings. The lowest BCUT2D eigenvalue weighted by atomic mass is 10.0. The van der Waals surface area contributed by atoms with Crippen molar-refractivity contribution in [3.05, 3.63) is 39.9 Å². The largest absolute Gasteiger partial charge is 0.460 e. The quantitative estimate of drug-likeness (QED) is 0.453. The number of nitro benzene ring substituents is 1. The predicted molar refractivity (Wildman–Crippen MR) is 96.4 cm³/mol. The molecule has 1 atom stereocenters. The highest BCUT2D eigenvalue weighted by Crippen LogP contribution is 2.55. The fraction of sp³-hybridized carbons (Fsp3) is 0.579. The van der Waals surface area contributed by atoms with Gasteiger partial charge in [0.1, 0.15) is 12.2 Å². The monoisotopic (exact) mass is 376 g/mol. The highest BCUT2D eigenvalue weighted by molar-refractivity contribution is 5.89. The number of carbonyl (C=O) groups excluding carboxylic acids is 2. The van der Waals surface area contributed by atoms with Gasteiger partial charge in [0, 0.05) is 18.7 Å². The first kappa shape index (κ1) is 19.1. The molecule has 1 saturated carbocycles. The maximum atomic E-state index is 12.5. The van der Waals surface area contributed by atoms with E-state index >= 15 is 0 Å². The van der Waals surface area contributed by atoms with E-state index in [1.807, 2.05) is 20.8 Å². The van der Waals surface area contributed by atoms with Gasteiger partial charge in [0.05, 0.1) is 16.5 Å². The summed E-state index contributed by atoms with van der Waals surface area (Å²) in [6.45, 7) is 6.16. The zero-order valence-electron chi connectivity index (χ0n) is 15.8. The number of nitrogens with zero attached hydrogens (tertiary/aromatic N) is 2. The molecule has 8 nitrogen and oxygen atoms in total. The van der Waals surface area contributed by atoms with Crippen molar-refractivity contribution in [1.82, 2.24) is 4.90 Å². The second-order valence-electron chi connectivity index (χ2n) is 8.37. The minimum Gasteiger partial charge on any atom is -0.460 e. The Morgan fingerprint density at radius 1 is 1.26 bits per heavy atom. The van der Waals surface area contributed by atoms with Crippen LogP contribution >= 0.6 is 0 Å². The SMILES string of the molecule is CC(C)(C)OC(=O)N1CC2(CC2)CC1COC(=O)c1ccc([N+](=O)[O-])cc1. The lowest BCUT2D eigenvalue weighted by Gasteiger charge is -2.28. The summed E-state index contributed by atoms with van der Waals surface area (Å²) in [6, 6.07) is 5.03. The van der Waals surface area contributed by atoms with E-state index in [9.17, 15) is 19.7 Å². The summed E-state index contributed by atoms with van der Waals surface area (Å²) < 4.78 is 10.9. The summed E-state index contributed by atoms with van der Waals surface area (Å²) in [7, 11) is 0. The number of hydrogen-bond donors (Lipinski definition) is 0. The van der Waals surface area contributed by atoms with Crippen LogP contribution in [0.1, 0.15) is 50.4 Å². The Kier molecular flexibility index (Phi) is 4.84. The van der Waals surface area contributed by atoms with E-state index in [-0.39, 0.29) is 35.4 Å². The van der Waals surface area contributed by atoms with Gasteiger partial charge in [-0.05, 0) is 57.6 Å². The molecule has 1 unspecified atom stereocenters. The second kappa shape index (κ2) is 6.83. The van der Waals surface area contributed by atoms with E-state index in [0.717, 1.165) is 19.3 Å². The summed E-state index contributed by atoms with van der Waals surface area (Å²) >= 11 is 0. The van der Waals surface area contributed by atoms with Crippen LogP contribution in [-0.2, 0) is 9.47 Å². The Labute approximate surface area is 157 Å². The number of esters is 1. The summed E-state index contributed by atoms with van der Waals surface area (Å²) in [6.07, 6.45) is 2.54. The Morgan fingerprint density at radius 2 is 1.89 bits per heavy atom. The van der Waals surface area contributed by atoms with Crippen LogP contribution in [0.25, 0.3) is 0 Å². The third kappa shape index (κ3) is 4.56. The van der Waals surface area contributed by atoms with E-state index in [0.29, 0.717) is 6.54 Å². The average Bonchev–Trinajstić information content (AvgIpc) is 3.23. The van der Waals surface area contributed by atoms with Gasteiger partial charge in [0.2, 0.25) is 0 Å². The van der Waals surface area contributed by atoms with Crippen molar-refractivity contribution in [3.63, 3.8) is 0 Å². The number of non-ortho nitro benzene ring substituents is 1. The van der Waals surface area contributed by atoms with Gasteiger partial charge in [-0.1, -0.05) is 0 Å². The lowest BCUT2D eigenvalue weighted by molar-refractivity contribution is -0.384. The van der Waals surface area contributed by atoms with Crippen molar-refractivity contribution in [2.45, 2.75) is 51.7 Å². The van der Waals surface area contributed by atoms with Gasteiger partial charge in [0.15, 0.2) is 0 Å². The van der Waals surface area contributed by atoms with Gasteiger partial charge in [-0.15, -0.1) is 0 Å². The molecular weight excluding hydrogens is 352 g/mol. The third-order valence-corrected chi connectivity index (χ3v) is 4.92. The number of carbonyl (C=O) groups is 2. The number of ether oxygens (including phenoxy) is 2. The predicted octanol–water partition coefficient (Wildman–Crippen LogP) is 3.54. The molecule has 0 bridgehead atoms. The summed E-state index contributed by atoms with van der Waals surface area (Å²) in [5.41, 5.74) is -0.296. The van der Waals surface area contributed by atoms with Gasteiger partial charge in [0.25, 0.3) is 5.69 Å². The minimum atomic E-state index is -0.587. The van der Waals surface area contributed by atoms with Crippen molar-refractivity contribution in [3.8, 4) is 0 Å². The van der Waals surface area contributed by atoms with Crippen molar-refractivity contribution < 1.29 is 24.0 Å². The number of rotatable bonds is 4. The molecule has 0 N–H and O–H groups in total. The fourth-order valence-electron chi connectivity index (χ4n) is 3.36. The van der Waals surface area contributed by atoms with Crippen LogP contribution < -0.4 is 0 Å². The molecule has 1 aromatic rings. The summed E-state index contributed by atoms with van der Waals surface area (Å²) in [5.74, 6) is -0.564. The molecule has 1 aliphatic heterocycles. The molecule has 0 radical (unpaired) electrons. The van der Waals surface area contributed by atoms with E-state index in [2.05, 4.69) is 0 Å². The Morgan fingerprint density at radius 3 is 2.41 bits per heavy atom. The average molecular weight is 376 g/mol. The van der Waals surface area contributed by atoms with Crippen LogP contribution in [0.2, 0.25) is 0 Å². The maximum Gasteiger partial charge on any atom is 0.410 e. The molecule has 1 saturated heterocycles. The van der Waals surface area contributed by atoms with E-state index in [1.165, 1.54) is 24.3 Å². The van der Waals surface area contributed by atoms with Gasteiger partial charge in [-0.25, -0.2) is 9.59 Å². The topological polar surface area (TPSA) is 99.0 Å². The van der Waals surface area contributed by atoms with Crippen LogP contribution in [0.3, 0.4) is 0 Å². The molecule has 1 heterocycles. The summed E-state index contributed by atoms with van der Waals surface area (Å²) in [4.78, 5) is 36.6. The number of hydrogen-bond acceptors (Lipinski definition) is 6. The molecule has 1 spiro atoms. The molecular formula is C19H24N2O6. The number of benzene rings is 1. The van der Waals surface area contributed by atoms with Crippen molar-refractivity contribution >= 4 is 17.7 Å². The van der Waals surface area contributed by atoms with Crippen LogP contribution in [-0.4, -0.2) is 46.7 Å². The smallest absolute Gasteiger partial charge is 0.410 e. The molecule has 146 valence electrons. The highest BCUT2D eigenvalue weighted by Gasteiger charge is 2.54. The first-order valence-electron chi connectivity index (χ1n) is 9.00. The molecule has 1 aromatic carbocycles. The first-order valence-corrected chi connectivity index (χ1v) is 9.00. The Hall–Kier alpha value is -2.64. The van der Waals surface area contributed by atoms with Crippen LogP contribution in [0.15, 0.2) is 24.3 Å². The molecule has 0 aromatic heterocycles. The molecule has 27 heavy (non-hydrogen) atoms. The number of likely N-dealkylation sites (tertiary alicyclic amines) is 1. The Bertz CT molecular complexity index is 748. The maximum absolute atomic E-state index is 12.5. The van der Waals surface area contributed by atoms with Gasteiger partial charge in [-0.3, -0.25) is 10.1 Å². The molecule has 3 rings (SSSR count). The van der Waals surface area contributed by atoms with E-state index in [4.69, 9.17) is 9.47 Å². The van der Waals surface area contributed by atoms with Crippen LogP contribution in [0.4, 0.5) is 10.5 Å². The van der Waals surface area contributed by atoms with Gasteiger partial charge < -0.3 is 14.4 Å². The summed E-state index contributed by atoms with van der Waals surface area (Å²) in [5, 5.41) is 10.7. The van der Waals surface area contributed by atoms with Gasteiger partial charge >= 0.3 is 12.1 Å². The fourth-order valence-corrected chi connectivity index (χ4v) is 3.36. The second-order valence-corrected chi connectivity index (χ2v) is 8.37. The van der Waals surface area contributed by atoms with Crippen molar-refractivity contribution in [2.75, 3.05) is 13.2 Å². The number of amides is 1. The van der Waals surface area contributed by atoms with Crippen LogP contribution in [0, 0.1) is 15.5 Å². The highest BCUT2D eigenvalue weighted by atomic mass is 16.6. The molecule has 1 aliphatic carbocycles. The zero-order chi connectivity index (χ0) is 19.8. The third-order valence-electron chi connectivity index (χ3n) is 4.92. The lowest BCUT2D eigenvalue weighted by Crippen LogP contribution is -2.42. The van der Waals surface area contributed by atoms with E-state index in [1.54, 1.807) is 4.90 Å². The van der Waals surface area contributed by atoms with Crippen LogP contribution in [0.5, 0.6) is 0 Å². The Balaban J connectivity index is 1.61. The standard InChI is InChI=1S/C19H24N2O6/c1-18(2,3)27-17(23)20-12-19(8-9-19)10-15(20)11-26-16(22)13-4-6-14(7-5-13)21(24)25/h4-7,15H,8-12H2,1-3H3. The molecule has 1 amide bonds. The van der Waals surface area contributed by atoms with Gasteiger partial charge in [-0.2, -0.15) is 0 Å².